The zero-order valence-corrected chi connectivity index (χ0v) is 13.7. The summed E-state index contributed by atoms with van der Waals surface area (Å²) in [5.74, 6) is 0.0764. The Hall–Kier alpha value is -2.57. The van der Waals surface area contributed by atoms with Crippen molar-refractivity contribution < 1.29 is 14.3 Å². The third-order valence-corrected chi connectivity index (χ3v) is 3.89. The summed E-state index contributed by atoms with van der Waals surface area (Å²) < 4.78 is 6.83. The fraction of sp³-hybridized carbons (Fsp3) is 0.176. The highest BCUT2D eigenvalue weighted by Gasteiger charge is 2.20. The minimum absolute atomic E-state index is 0.234. The molecule has 2 heterocycles. The van der Waals surface area contributed by atoms with Gasteiger partial charge in [0.05, 0.1) is 23.6 Å². The quantitative estimate of drug-likeness (QED) is 0.745. The first-order valence-electron chi connectivity index (χ1n) is 7.37. The first kappa shape index (κ1) is 16.3. The van der Waals surface area contributed by atoms with Crippen LogP contribution in [0.2, 0.25) is 5.02 Å². The number of nitrogens with zero attached hydrogens (tertiary/aromatic N) is 2. The van der Waals surface area contributed by atoms with Crippen LogP contribution in [0.1, 0.15) is 28.0 Å². The number of benzene rings is 1. The standard InChI is InChI=1S/C17H16ClN3O3/c1-11-9-13(20-21(11)15-6-3-2-5-12(15)18)17(23)19-14(10-22)16-7-4-8-24-16/h2-9,14,22H,10H2,1H3,(H,19,23)/t14-/m0/s1. The van der Waals surface area contributed by atoms with Gasteiger partial charge in [-0.2, -0.15) is 5.10 Å². The molecule has 0 bridgehead atoms. The SMILES string of the molecule is Cc1cc(C(=O)N[C@@H](CO)c2ccco2)nn1-c1ccccc1Cl. The lowest BCUT2D eigenvalue weighted by Gasteiger charge is -2.12. The lowest BCUT2D eigenvalue weighted by Crippen LogP contribution is -2.30. The molecule has 1 amide bonds. The summed E-state index contributed by atoms with van der Waals surface area (Å²) in [6, 6.07) is 11.7. The van der Waals surface area contributed by atoms with E-state index in [9.17, 15) is 9.90 Å². The third kappa shape index (κ3) is 3.20. The average molecular weight is 346 g/mol. The number of carbonyl (C=O) groups excluding carboxylic acids is 1. The summed E-state index contributed by atoms with van der Waals surface area (Å²) in [4.78, 5) is 12.4. The number of amides is 1. The van der Waals surface area contributed by atoms with Crippen LogP contribution >= 0.6 is 11.6 Å². The molecule has 0 aliphatic rings. The molecule has 1 atom stereocenters. The number of carbonyl (C=O) groups is 1. The van der Waals surface area contributed by atoms with Crippen molar-refractivity contribution >= 4 is 17.5 Å². The Kier molecular flexibility index (Phi) is 4.69. The number of halogens is 1. The van der Waals surface area contributed by atoms with E-state index >= 15 is 0 Å². The molecule has 0 aliphatic heterocycles. The zero-order valence-electron chi connectivity index (χ0n) is 12.9. The number of nitrogens with one attached hydrogen (secondary N) is 1. The van der Waals surface area contributed by atoms with Crippen molar-refractivity contribution in [1.29, 1.82) is 0 Å². The molecule has 0 saturated heterocycles. The first-order chi connectivity index (χ1) is 11.6. The Bertz CT molecular complexity index is 843. The van der Waals surface area contributed by atoms with Crippen LogP contribution in [0, 0.1) is 6.92 Å². The molecule has 1 aromatic carbocycles. The second kappa shape index (κ2) is 6.90. The van der Waals surface area contributed by atoms with Crippen molar-refractivity contribution in [1.82, 2.24) is 15.1 Å². The fourth-order valence-corrected chi connectivity index (χ4v) is 2.60. The van der Waals surface area contributed by atoms with Gasteiger partial charge in [0.15, 0.2) is 5.69 Å². The van der Waals surface area contributed by atoms with E-state index in [4.69, 9.17) is 16.0 Å². The maximum atomic E-state index is 12.4. The molecule has 2 N–H and O–H groups in total. The Morgan fingerprint density at radius 1 is 1.38 bits per heavy atom. The molecular formula is C17H16ClN3O3. The summed E-state index contributed by atoms with van der Waals surface area (Å²) in [6.45, 7) is 1.56. The fourth-order valence-electron chi connectivity index (χ4n) is 2.38. The third-order valence-electron chi connectivity index (χ3n) is 3.58. The minimum atomic E-state index is -0.627. The number of hydrogen-bond acceptors (Lipinski definition) is 4. The van der Waals surface area contributed by atoms with Crippen molar-refractivity contribution in [3.63, 3.8) is 0 Å². The largest absolute Gasteiger partial charge is 0.467 e. The number of aliphatic hydroxyl groups excluding tert-OH is 1. The normalized spacial score (nSPS) is 12.1. The molecule has 0 fully saturated rings. The molecule has 0 aliphatic carbocycles. The molecule has 24 heavy (non-hydrogen) atoms. The van der Waals surface area contributed by atoms with Crippen molar-refractivity contribution in [2.24, 2.45) is 0 Å². The van der Waals surface area contributed by atoms with Gasteiger partial charge in [0.2, 0.25) is 0 Å². The van der Waals surface area contributed by atoms with Crippen molar-refractivity contribution in [2.75, 3.05) is 6.61 Å². The molecule has 0 spiro atoms. The van der Waals surface area contributed by atoms with E-state index in [-0.39, 0.29) is 12.3 Å². The maximum Gasteiger partial charge on any atom is 0.272 e. The van der Waals surface area contributed by atoms with Gasteiger partial charge >= 0.3 is 0 Å². The summed E-state index contributed by atoms with van der Waals surface area (Å²) in [7, 11) is 0. The average Bonchev–Trinajstić information content (AvgIpc) is 3.23. The summed E-state index contributed by atoms with van der Waals surface area (Å²) in [6.07, 6.45) is 1.49. The van der Waals surface area contributed by atoms with Gasteiger partial charge in [0.1, 0.15) is 11.8 Å². The zero-order chi connectivity index (χ0) is 17.1. The Balaban J connectivity index is 1.84. The molecule has 124 valence electrons. The highest BCUT2D eigenvalue weighted by molar-refractivity contribution is 6.32. The lowest BCUT2D eigenvalue weighted by atomic mass is 10.2. The van der Waals surface area contributed by atoms with Gasteiger partial charge in [-0.3, -0.25) is 4.79 Å². The van der Waals surface area contributed by atoms with Crippen LogP contribution in [0.3, 0.4) is 0 Å². The van der Waals surface area contributed by atoms with Crippen LogP contribution in [0.25, 0.3) is 5.69 Å². The predicted molar refractivity (Wildman–Crippen MR) is 89.3 cm³/mol. The van der Waals surface area contributed by atoms with E-state index < -0.39 is 11.9 Å². The Labute approximate surface area is 143 Å². The van der Waals surface area contributed by atoms with E-state index in [0.29, 0.717) is 16.5 Å². The van der Waals surface area contributed by atoms with Crippen molar-refractivity contribution in [3.05, 3.63) is 70.9 Å². The highest BCUT2D eigenvalue weighted by atomic mass is 35.5. The molecule has 2 aromatic heterocycles. The van der Waals surface area contributed by atoms with Gasteiger partial charge in [0.25, 0.3) is 5.91 Å². The number of furan rings is 1. The van der Waals surface area contributed by atoms with Crippen LogP contribution in [-0.4, -0.2) is 27.4 Å². The minimum Gasteiger partial charge on any atom is -0.467 e. The smallest absolute Gasteiger partial charge is 0.272 e. The highest BCUT2D eigenvalue weighted by Crippen LogP contribution is 2.21. The predicted octanol–water partition coefficient (Wildman–Crippen LogP) is 2.89. The van der Waals surface area contributed by atoms with Crippen LogP contribution in [0.15, 0.2) is 53.1 Å². The number of para-hydroxylation sites is 1. The number of hydrogen-bond donors (Lipinski definition) is 2. The van der Waals surface area contributed by atoms with Gasteiger partial charge in [-0.15, -0.1) is 0 Å². The molecule has 3 aromatic rings. The van der Waals surface area contributed by atoms with Crippen LogP contribution < -0.4 is 5.32 Å². The number of aromatic nitrogens is 2. The second-order valence-corrected chi connectivity index (χ2v) is 5.67. The summed E-state index contributed by atoms with van der Waals surface area (Å²) in [5, 5.41) is 17.0. The molecule has 0 unspecified atom stereocenters. The van der Waals surface area contributed by atoms with E-state index in [2.05, 4.69) is 10.4 Å². The summed E-state index contributed by atoms with van der Waals surface area (Å²) >= 11 is 6.19. The molecule has 7 heteroatoms. The topological polar surface area (TPSA) is 80.3 Å². The second-order valence-electron chi connectivity index (χ2n) is 5.26. The van der Waals surface area contributed by atoms with Gasteiger partial charge in [-0.1, -0.05) is 23.7 Å². The molecule has 3 rings (SSSR count). The van der Waals surface area contributed by atoms with Crippen molar-refractivity contribution in [2.45, 2.75) is 13.0 Å². The van der Waals surface area contributed by atoms with Gasteiger partial charge in [-0.25, -0.2) is 4.68 Å². The Morgan fingerprint density at radius 3 is 2.83 bits per heavy atom. The monoisotopic (exact) mass is 345 g/mol. The van der Waals surface area contributed by atoms with Gasteiger partial charge in [0, 0.05) is 5.69 Å². The molecule has 0 radical (unpaired) electrons. The molecular weight excluding hydrogens is 330 g/mol. The van der Waals surface area contributed by atoms with E-state index in [1.165, 1.54) is 6.26 Å². The number of rotatable bonds is 5. The van der Waals surface area contributed by atoms with Crippen LogP contribution in [-0.2, 0) is 0 Å². The van der Waals surface area contributed by atoms with Crippen LogP contribution in [0.4, 0.5) is 0 Å². The van der Waals surface area contributed by atoms with Crippen LogP contribution in [0.5, 0.6) is 0 Å². The maximum absolute atomic E-state index is 12.4. The van der Waals surface area contributed by atoms with E-state index in [1.807, 2.05) is 25.1 Å². The van der Waals surface area contributed by atoms with E-state index in [0.717, 1.165) is 5.69 Å². The number of aliphatic hydroxyl groups is 1. The first-order valence-corrected chi connectivity index (χ1v) is 7.74. The lowest BCUT2D eigenvalue weighted by molar-refractivity contribution is 0.0902. The molecule has 0 saturated carbocycles. The number of aryl methyl sites for hydroxylation is 1. The van der Waals surface area contributed by atoms with Crippen molar-refractivity contribution in [3.8, 4) is 5.69 Å². The van der Waals surface area contributed by atoms with Gasteiger partial charge in [-0.05, 0) is 37.3 Å². The molecule has 6 nitrogen and oxygen atoms in total. The van der Waals surface area contributed by atoms with Gasteiger partial charge < -0.3 is 14.8 Å². The Morgan fingerprint density at radius 2 is 2.17 bits per heavy atom. The summed E-state index contributed by atoms with van der Waals surface area (Å²) in [5.41, 5.74) is 1.70. The van der Waals surface area contributed by atoms with E-state index in [1.54, 1.807) is 28.9 Å².